The van der Waals surface area contributed by atoms with Gasteiger partial charge >= 0.3 is 0 Å². The van der Waals surface area contributed by atoms with Gasteiger partial charge < -0.3 is 9.80 Å². The van der Waals surface area contributed by atoms with E-state index in [0.29, 0.717) is 30.3 Å². The quantitative estimate of drug-likeness (QED) is 0.185. The van der Waals surface area contributed by atoms with Gasteiger partial charge in [0, 0.05) is 43.0 Å². The molecule has 6 nitrogen and oxygen atoms in total. The molecule has 1 saturated heterocycles. The summed E-state index contributed by atoms with van der Waals surface area (Å²) in [5.41, 5.74) is 4.65. The molecule has 1 aromatic carbocycles. The molecular formula is C31H40N4O2S2. The Bertz CT molecular complexity index is 1200. The van der Waals surface area contributed by atoms with Gasteiger partial charge in [0.25, 0.3) is 0 Å². The second-order valence-corrected chi connectivity index (χ2v) is 12.4. The average Bonchev–Trinajstić information content (AvgIpc) is 3.45. The molecule has 8 heteroatoms. The number of carbonyl (C=O) groups is 2. The molecule has 0 aliphatic carbocycles. The van der Waals surface area contributed by atoms with Crippen molar-refractivity contribution in [3.8, 4) is 0 Å². The number of aryl methyl sites for hydroxylation is 3. The van der Waals surface area contributed by atoms with Gasteiger partial charge in [-0.15, -0.1) is 11.8 Å². The van der Waals surface area contributed by atoms with Gasteiger partial charge in [-0.25, -0.2) is 9.97 Å². The van der Waals surface area contributed by atoms with Crippen LogP contribution in [0.5, 0.6) is 0 Å². The third-order valence-corrected chi connectivity index (χ3v) is 9.46. The van der Waals surface area contributed by atoms with E-state index in [2.05, 4.69) is 74.7 Å². The number of thioether (sulfide) groups is 1. The van der Waals surface area contributed by atoms with E-state index in [-0.39, 0.29) is 17.7 Å². The van der Waals surface area contributed by atoms with Crippen LogP contribution in [0.3, 0.4) is 0 Å². The zero-order chi connectivity index (χ0) is 27.8. The lowest BCUT2D eigenvalue weighted by atomic mass is 9.98. The van der Waals surface area contributed by atoms with Crippen LogP contribution >= 0.6 is 23.1 Å². The lowest BCUT2D eigenvalue weighted by Gasteiger charge is -2.41. The molecule has 3 aromatic rings. The molecule has 4 rings (SSSR count). The molecule has 3 heterocycles. The fourth-order valence-corrected chi connectivity index (χ4v) is 6.81. The molecule has 0 N–H and O–H groups in total. The van der Waals surface area contributed by atoms with E-state index >= 15 is 0 Å². The summed E-state index contributed by atoms with van der Waals surface area (Å²) in [6.45, 7) is 10.7. The number of piperidine rings is 1. The third kappa shape index (κ3) is 8.22. The number of rotatable bonds is 12. The van der Waals surface area contributed by atoms with Gasteiger partial charge in [-0.1, -0.05) is 17.7 Å². The van der Waals surface area contributed by atoms with Crippen molar-refractivity contribution >= 4 is 34.8 Å². The first-order chi connectivity index (χ1) is 18.8. The lowest BCUT2D eigenvalue weighted by molar-refractivity contribution is -0.132. The maximum atomic E-state index is 13.4. The van der Waals surface area contributed by atoms with Crippen molar-refractivity contribution in [3.05, 3.63) is 75.5 Å². The van der Waals surface area contributed by atoms with Gasteiger partial charge in [0.15, 0.2) is 5.78 Å². The van der Waals surface area contributed by atoms with Crippen LogP contribution in [0, 0.1) is 20.8 Å². The number of Topliss-reactive ketones (excluding diaryl/α,β-unsaturated/α-hetero) is 1. The molecule has 0 radical (unpaired) electrons. The van der Waals surface area contributed by atoms with Gasteiger partial charge in [-0.05, 0) is 87.9 Å². The minimum atomic E-state index is 0.141. The van der Waals surface area contributed by atoms with Gasteiger partial charge in [-0.3, -0.25) is 9.59 Å². The number of carbonyl (C=O) groups excluding carboxylic acids is 2. The highest BCUT2D eigenvalue weighted by Crippen LogP contribution is 2.26. The van der Waals surface area contributed by atoms with Crippen molar-refractivity contribution in [2.24, 2.45) is 0 Å². The Morgan fingerprint density at radius 3 is 2.41 bits per heavy atom. The Morgan fingerprint density at radius 2 is 1.77 bits per heavy atom. The predicted octanol–water partition coefficient (Wildman–Crippen LogP) is 6.49. The van der Waals surface area contributed by atoms with E-state index in [1.54, 1.807) is 23.1 Å². The Kier molecular flexibility index (Phi) is 10.7. The van der Waals surface area contributed by atoms with Crippen LogP contribution in [0.15, 0.2) is 52.3 Å². The molecule has 39 heavy (non-hydrogen) atoms. The number of aromatic nitrogens is 2. The number of likely N-dealkylation sites (tertiary alicyclic amines) is 1. The maximum Gasteiger partial charge on any atom is 0.233 e. The lowest BCUT2D eigenvalue weighted by Crippen LogP contribution is -2.49. The zero-order valence-electron chi connectivity index (χ0n) is 23.6. The van der Waals surface area contributed by atoms with Crippen LogP contribution < -0.4 is 0 Å². The number of hydrogen-bond donors (Lipinski definition) is 0. The predicted molar refractivity (Wildman–Crippen MR) is 161 cm³/mol. The highest BCUT2D eigenvalue weighted by atomic mass is 32.2. The Labute approximate surface area is 241 Å². The SMILES string of the molecule is Cc1ccc(SCC(=O)N(Cc2ccsc2)C2CCN(C(C)CCCC(=O)c3c(C)ncnc3C)CC2)cc1. The van der Waals surface area contributed by atoms with E-state index in [0.717, 1.165) is 55.1 Å². The summed E-state index contributed by atoms with van der Waals surface area (Å²) in [5, 5.41) is 4.23. The monoisotopic (exact) mass is 564 g/mol. The first-order valence-corrected chi connectivity index (χ1v) is 15.8. The van der Waals surface area contributed by atoms with Crippen molar-refractivity contribution in [1.82, 2.24) is 19.8 Å². The van der Waals surface area contributed by atoms with Gasteiger partial charge in [0.05, 0.1) is 22.7 Å². The highest BCUT2D eigenvalue weighted by Gasteiger charge is 2.30. The maximum absolute atomic E-state index is 13.4. The van der Waals surface area contributed by atoms with Crippen LogP contribution in [-0.2, 0) is 11.3 Å². The van der Waals surface area contributed by atoms with Crippen molar-refractivity contribution in [2.75, 3.05) is 18.8 Å². The summed E-state index contributed by atoms with van der Waals surface area (Å²) in [6, 6.07) is 11.2. The number of thiophene rings is 1. The zero-order valence-corrected chi connectivity index (χ0v) is 25.2. The molecule has 1 atom stereocenters. The van der Waals surface area contributed by atoms with Crippen molar-refractivity contribution in [1.29, 1.82) is 0 Å². The smallest absolute Gasteiger partial charge is 0.233 e. The molecule has 0 bridgehead atoms. The van der Waals surface area contributed by atoms with E-state index in [1.807, 2.05) is 13.8 Å². The largest absolute Gasteiger partial charge is 0.335 e. The summed E-state index contributed by atoms with van der Waals surface area (Å²) in [6.07, 6.45) is 5.84. The van der Waals surface area contributed by atoms with Crippen LogP contribution in [0.2, 0.25) is 0 Å². The Morgan fingerprint density at radius 1 is 1.08 bits per heavy atom. The summed E-state index contributed by atoms with van der Waals surface area (Å²) in [7, 11) is 0. The number of ketones is 1. The minimum absolute atomic E-state index is 0.141. The summed E-state index contributed by atoms with van der Waals surface area (Å²) in [4.78, 5) is 40.4. The third-order valence-electron chi connectivity index (χ3n) is 7.73. The number of benzene rings is 1. The van der Waals surface area contributed by atoms with Crippen LogP contribution in [0.4, 0.5) is 0 Å². The van der Waals surface area contributed by atoms with Crippen molar-refractivity contribution < 1.29 is 9.59 Å². The summed E-state index contributed by atoms with van der Waals surface area (Å²) in [5.74, 6) is 0.818. The van der Waals surface area contributed by atoms with E-state index in [9.17, 15) is 9.59 Å². The first-order valence-electron chi connectivity index (χ1n) is 13.9. The molecule has 0 saturated carbocycles. The van der Waals surface area contributed by atoms with E-state index in [4.69, 9.17) is 0 Å². The fourth-order valence-electron chi connectivity index (χ4n) is 5.36. The summed E-state index contributed by atoms with van der Waals surface area (Å²) < 4.78 is 0. The van der Waals surface area contributed by atoms with Gasteiger partial charge in [0.2, 0.25) is 5.91 Å². The molecule has 1 aliphatic heterocycles. The minimum Gasteiger partial charge on any atom is -0.335 e. The molecule has 1 amide bonds. The molecule has 1 fully saturated rings. The van der Waals surface area contributed by atoms with Gasteiger partial charge in [0.1, 0.15) is 6.33 Å². The van der Waals surface area contributed by atoms with Gasteiger partial charge in [-0.2, -0.15) is 11.3 Å². The van der Waals surface area contributed by atoms with Crippen molar-refractivity contribution in [3.63, 3.8) is 0 Å². The molecule has 208 valence electrons. The first kappa shape index (κ1) is 29.4. The number of nitrogens with zero attached hydrogens (tertiary/aromatic N) is 4. The van der Waals surface area contributed by atoms with Crippen LogP contribution in [0.25, 0.3) is 0 Å². The molecule has 0 spiro atoms. The van der Waals surface area contributed by atoms with Crippen LogP contribution in [-0.4, -0.2) is 62.4 Å². The molecule has 2 aromatic heterocycles. The average molecular weight is 565 g/mol. The Hall–Kier alpha value is -2.55. The second kappa shape index (κ2) is 14.2. The topological polar surface area (TPSA) is 66.4 Å². The normalized spacial score (nSPS) is 15.3. The second-order valence-electron chi connectivity index (χ2n) is 10.6. The highest BCUT2D eigenvalue weighted by molar-refractivity contribution is 8.00. The Balaban J connectivity index is 1.28. The number of amides is 1. The van der Waals surface area contributed by atoms with Crippen molar-refractivity contribution in [2.45, 2.75) is 83.3 Å². The fraction of sp³-hybridized carbons (Fsp3) is 0.484. The number of hydrogen-bond acceptors (Lipinski definition) is 7. The summed E-state index contributed by atoms with van der Waals surface area (Å²) >= 11 is 3.31. The van der Waals surface area contributed by atoms with E-state index < -0.39 is 0 Å². The standard InChI is InChI=1S/C31H40N4O2S2/c1-22-8-10-28(11-9-22)39-20-30(37)35(18-26-14-17-38-19-26)27-12-15-34(16-13-27)23(2)6-5-7-29(36)31-24(3)32-21-33-25(31)4/h8-11,14,17,19,21,23,27H,5-7,12-13,15-16,18,20H2,1-4H3. The van der Waals surface area contributed by atoms with Crippen LogP contribution in [0.1, 0.15) is 71.9 Å². The molecule has 1 unspecified atom stereocenters. The molecular weight excluding hydrogens is 525 g/mol. The van der Waals surface area contributed by atoms with E-state index in [1.165, 1.54) is 17.5 Å². The molecule has 1 aliphatic rings.